The van der Waals surface area contributed by atoms with Gasteiger partial charge in [-0.05, 0) is 41.8 Å². The van der Waals surface area contributed by atoms with Crippen molar-refractivity contribution in [1.82, 2.24) is 0 Å². The normalized spacial score (nSPS) is 13.0. The molecule has 0 saturated heterocycles. The smallest absolute Gasteiger partial charge is 0.406 e. The summed E-state index contributed by atoms with van der Waals surface area (Å²) in [6, 6.07) is 10.3. The Kier molecular flexibility index (Phi) is 4.44. The van der Waals surface area contributed by atoms with E-state index in [0.717, 1.165) is 11.1 Å². The Hall–Kier alpha value is -1.72. The Morgan fingerprint density at radius 1 is 1.10 bits per heavy atom. The first-order chi connectivity index (χ1) is 9.76. The van der Waals surface area contributed by atoms with E-state index >= 15 is 0 Å². The molecule has 0 bridgehead atoms. The molecule has 2 aromatic carbocycles. The Morgan fingerprint density at radius 3 is 2.38 bits per heavy atom. The van der Waals surface area contributed by atoms with Crippen LogP contribution in [0, 0.1) is 6.92 Å². The molecule has 0 spiro atoms. The van der Waals surface area contributed by atoms with Crippen LogP contribution in [0.4, 0.5) is 13.2 Å². The summed E-state index contributed by atoms with van der Waals surface area (Å²) in [5, 5.41) is 0.561. The summed E-state index contributed by atoms with van der Waals surface area (Å²) in [5.41, 5.74) is 8.21. The third-order valence-electron chi connectivity index (χ3n) is 3.01. The highest BCUT2D eigenvalue weighted by Gasteiger charge is 2.31. The van der Waals surface area contributed by atoms with Gasteiger partial charge in [-0.15, -0.1) is 13.2 Å². The Morgan fingerprint density at radius 2 is 1.76 bits per heavy atom. The summed E-state index contributed by atoms with van der Waals surface area (Å²) in [6.45, 7) is 1.86. The second-order valence-electron chi connectivity index (χ2n) is 4.61. The lowest BCUT2D eigenvalue weighted by Gasteiger charge is -2.15. The molecule has 1 atom stereocenters. The molecule has 1 unspecified atom stereocenters. The molecule has 0 aromatic heterocycles. The molecule has 0 fully saturated rings. The standard InChI is InChI=1S/C15H13ClF3NO/c1-9-5-6-11(8-13(9)16)14(20)10-3-2-4-12(7-10)21-15(17,18)19/h2-8,14H,20H2,1H3. The highest BCUT2D eigenvalue weighted by Crippen LogP contribution is 2.28. The minimum atomic E-state index is -4.73. The number of nitrogens with two attached hydrogens (primary N) is 1. The van der Waals surface area contributed by atoms with Gasteiger partial charge in [0.05, 0.1) is 6.04 Å². The molecule has 21 heavy (non-hydrogen) atoms. The van der Waals surface area contributed by atoms with E-state index in [9.17, 15) is 13.2 Å². The van der Waals surface area contributed by atoms with E-state index in [2.05, 4.69) is 4.74 Å². The Bertz CT molecular complexity index is 643. The molecule has 2 aromatic rings. The molecule has 0 aliphatic heterocycles. The third-order valence-corrected chi connectivity index (χ3v) is 3.41. The van der Waals surface area contributed by atoms with Crippen LogP contribution in [0.5, 0.6) is 5.75 Å². The van der Waals surface area contributed by atoms with Crippen LogP contribution in [-0.2, 0) is 0 Å². The van der Waals surface area contributed by atoms with Gasteiger partial charge in [0.25, 0.3) is 0 Å². The Balaban J connectivity index is 2.28. The number of alkyl halides is 3. The molecule has 2 N–H and O–H groups in total. The van der Waals surface area contributed by atoms with E-state index in [1.807, 2.05) is 13.0 Å². The first-order valence-corrected chi connectivity index (χ1v) is 6.51. The molecule has 6 heteroatoms. The maximum Gasteiger partial charge on any atom is 0.573 e. The van der Waals surface area contributed by atoms with Crippen LogP contribution < -0.4 is 10.5 Å². The zero-order chi connectivity index (χ0) is 15.6. The number of halogens is 4. The van der Waals surface area contributed by atoms with E-state index < -0.39 is 12.4 Å². The van der Waals surface area contributed by atoms with Crippen molar-refractivity contribution >= 4 is 11.6 Å². The topological polar surface area (TPSA) is 35.2 Å². The van der Waals surface area contributed by atoms with E-state index in [1.54, 1.807) is 18.2 Å². The molecule has 0 aliphatic rings. The van der Waals surface area contributed by atoms with E-state index in [1.165, 1.54) is 18.2 Å². The van der Waals surface area contributed by atoms with Gasteiger partial charge in [0.15, 0.2) is 0 Å². The minimum Gasteiger partial charge on any atom is -0.406 e. The van der Waals surface area contributed by atoms with Crippen molar-refractivity contribution in [3.05, 3.63) is 64.2 Å². The maximum absolute atomic E-state index is 12.2. The molecular formula is C15H13ClF3NO. The van der Waals surface area contributed by atoms with Crippen LogP contribution in [0.3, 0.4) is 0 Å². The zero-order valence-corrected chi connectivity index (χ0v) is 11.9. The van der Waals surface area contributed by atoms with Gasteiger partial charge >= 0.3 is 6.36 Å². The number of rotatable bonds is 3. The lowest BCUT2D eigenvalue weighted by atomic mass is 9.98. The van der Waals surface area contributed by atoms with Crippen molar-refractivity contribution in [2.24, 2.45) is 5.73 Å². The summed E-state index contributed by atoms with van der Waals surface area (Å²) in [5.74, 6) is -0.298. The van der Waals surface area contributed by atoms with Gasteiger partial charge in [-0.3, -0.25) is 0 Å². The predicted octanol–water partition coefficient (Wildman–Crippen LogP) is 4.60. The van der Waals surface area contributed by atoms with Gasteiger partial charge in [0.2, 0.25) is 0 Å². The van der Waals surface area contributed by atoms with Crippen molar-refractivity contribution in [2.75, 3.05) is 0 Å². The summed E-state index contributed by atoms with van der Waals surface area (Å²) < 4.78 is 40.6. The van der Waals surface area contributed by atoms with Crippen LogP contribution in [0.2, 0.25) is 5.02 Å². The molecule has 0 amide bonds. The number of aryl methyl sites for hydroxylation is 1. The summed E-state index contributed by atoms with van der Waals surface area (Å²) >= 11 is 6.03. The van der Waals surface area contributed by atoms with Crippen molar-refractivity contribution in [2.45, 2.75) is 19.3 Å². The highest BCUT2D eigenvalue weighted by molar-refractivity contribution is 6.31. The van der Waals surface area contributed by atoms with E-state index in [4.69, 9.17) is 17.3 Å². The van der Waals surface area contributed by atoms with Gasteiger partial charge in [0, 0.05) is 5.02 Å². The molecule has 2 rings (SSSR count). The quantitative estimate of drug-likeness (QED) is 0.898. The zero-order valence-electron chi connectivity index (χ0n) is 11.1. The van der Waals surface area contributed by atoms with Gasteiger partial charge in [-0.2, -0.15) is 0 Å². The average molecular weight is 316 g/mol. The van der Waals surface area contributed by atoms with Crippen LogP contribution in [0.15, 0.2) is 42.5 Å². The molecule has 0 aliphatic carbocycles. The maximum atomic E-state index is 12.2. The first-order valence-electron chi connectivity index (χ1n) is 6.13. The molecule has 112 valence electrons. The first kappa shape index (κ1) is 15.7. The number of hydrogen-bond acceptors (Lipinski definition) is 2. The van der Waals surface area contributed by atoms with Crippen molar-refractivity contribution in [3.63, 3.8) is 0 Å². The fourth-order valence-electron chi connectivity index (χ4n) is 1.90. The molecule has 0 radical (unpaired) electrons. The molecule has 0 heterocycles. The van der Waals surface area contributed by atoms with Gasteiger partial charge in [0.1, 0.15) is 5.75 Å². The fraction of sp³-hybridized carbons (Fsp3) is 0.200. The monoisotopic (exact) mass is 315 g/mol. The number of ether oxygens (including phenoxy) is 1. The Labute approximate surface area is 125 Å². The van der Waals surface area contributed by atoms with E-state index in [0.29, 0.717) is 10.6 Å². The van der Waals surface area contributed by atoms with Crippen LogP contribution in [0.1, 0.15) is 22.7 Å². The largest absolute Gasteiger partial charge is 0.573 e. The van der Waals surface area contributed by atoms with Crippen LogP contribution >= 0.6 is 11.6 Å². The molecular weight excluding hydrogens is 303 g/mol. The van der Waals surface area contributed by atoms with E-state index in [-0.39, 0.29) is 5.75 Å². The molecule has 0 saturated carbocycles. The average Bonchev–Trinajstić information content (AvgIpc) is 2.39. The van der Waals surface area contributed by atoms with Crippen LogP contribution in [-0.4, -0.2) is 6.36 Å². The van der Waals surface area contributed by atoms with Gasteiger partial charge in [-0.1, -0.05) is 35.9 Å². The lowest BCUT2D eigenvalue weighted by molar-refractivity contribution is -0.274. The van der Waals surface area contributed by atoms with Crippen molar-refractivity contribution in [3.8, 4) is 5.75 Å². The number of benzene rings is 2. The predicted molar refractivity (Wildman–Crippen MR) is 75.3 cm³/mol. The molecule has 2 nitrogen and oxygen atoms in total. The van der Waals surface area contributed by atoms with Crippen molar-refractivity contribution < 1.29 is 17.9 Å². The second-order valence-corrected chi connectivity index (χ2v) is 5.01. The SMILES string of the molecule is Cc1ccc(C(N)c2cccc(OC(F)(F)F)c2)cc1Cl. The second kappa shape index (κ2) is 5.95. The lowest BCUT2D eigenvalue weighted by Crippen LogP contribution is -2.18. The summed E-state index contributed by atoms with van der Waals surface area (Å²) in [6.07, 6.45) is -4.73. The highest BCUT2D eigenvalue weighted by atomic mass is 35.5. The fourth-order valence-corrected chi connectivity index (χ4v) is 2.09. The summed E-state index contributed by atoms with van der Waals surface area (Å²) in [7, 11) is 0. The van der Waals surface area contributed by atoms with Crippen LogP contribution in [0.25, 0.3) is 0 Å². The third kappa shape index (κ3) is 4.12. The van der Waals surface area contributed by atoms with Gasteiger partial charge in [-0.25, -0.2) is 0 Å². The van der Waals surface area contributed by atoms with Crippen molar-refractivity contribution in [1.29, 1.82) is 0 Å². The summed E-state index contributed by atoms with van der Waals surface area (Å²) in [4.78, 5) is 0. The minimum absolute atomic E-state index is 0.298. The van der Waals surface area contributed by atoms with Gasteiger partial charge < -0.3 is 10.5 Å². The number of hydrogen-bond donors (Lipinski definition) is 1.